The number of rotatable bonds is 5. The number of fused-ring (bicyclic) bond motifs is 5. The summed E-state index contributed by atoms with van der Waals surface area (Å²) in [7, 11) is 0. The lowest BCUT2D eigenvalue weighted by atomic mass is 9.85. The highest BCUT2D eigenvalue weighted by molar-refractivity contribution is 6.23. The first-order valence-electron chi connectivity index (χ1n) is 12.6. The monoisotopic (exact) mass is 484 g/mol. The van der Waals surface area contributed by atoms with Crippen LogP contribution in [0.25, 0.3) is 0 Å². The van der Waals surface area contributed by atoms with Crippen molar-refractivity contribution in [1.82, 2.24) is 0 Å². The smallest absolute Gasteiger partial charge is 0.316 e. The van der Waals surface area contributed by atoms with Gasteiger partial charge in [-0.15, -0.1) is 0 Å². The molecule has 0 aromatic heterocycles. The first-order chi connectivity index (χ1) is 17.4. The molecule has 3 amide bonds. The minimum absolute atomic E-state index is 0.0986. The molecule has 5 atom stereocenters. The minimum Gasteiger partial charge on any atom is -0.426 e. The molecule has 2 aromatic carbocycles. The van der Waals surface area contributed by atoms with Crippen LogP contribution < -0.4 is 14.5 Å². The summed E-state index contributed by atoms with van der Waals surface area (Å²) in [6.07, 6.45) is 6.05. The van der Waals surface area contributed by atoms with E-state index in [1.54, 1.807) is 30.0 Å². The summed E-state index contributed by atoms with van der Waals surface area (Å²) in [5, 5.41) is 0. The molecular weight excluding hydrogens is 456 g/mol. The van der Waals surface area contributed by atoms with Crippen molar-refractivity contribution in [3.05, 3.63) is 65.7 Å². The predicted octanol–water partition coefficient (Wildman–Crippen LogP) is 3.83. The van der Waals surface area contributed by atoms with E-state index < -0.39 is 11.9 Å². The van der Waals surface area contributed by atoms with E-state index in [0.29, 0.717) is 17.0 Å². The summed E-state index contributed by atoms with van der Waals surface area (Å²) in [6.45, 7) is 4.15. The molecule has 6 rings (SSSR count). The van der Waals surface area contributed by atoms with Gasteiger partial charge in [0.05, 0.1) is 23.4 Å². The Kier molecular flexibility index (Phi) is 5.32. The van der Waals surface area contributed by atoms with Gasteiger partial charge >= 0.3 is 5.97 Å². The fraction of sp³-hybridized carbons (Fsp3) is 0.379. The van der Waals surface area contributed by atoms with Gasteiger partial charge < -0.3 is 9.64 Å². The third kappa shape index (κ3) is 3.48. The second kappa shape index (κ2) is 8.43. The van der Waals surface area contributed by atoms with E-state index >= 15 is 0 Å². The molecule has 7 nitrogen and oxygen atoms in total. The lowest BCUT2D eigenvalue weighted by molar-refractivity contribution is -0.139. The normalized spacial score (nSPS) is 28.4. The number of imide groups is 1. The van der Waals surface area contributed by atoms with Gasteiger partial charge in [0.25, 0.3) is 0 Å². The van der Waals surface area contributed by atoms with E-state index in [1.807, 2.05) is 24.3 Å². The summed E-state index contributed by atoms with van der Waals surface area (Å²) >= 11 is 0. The van der Waals surface area contributed by atoms with Crippen LogP contribution in [0.3, 0.4) is 0 Å². The van der Waals surface area contributed by atoms with Gasteiger partial charge in [0.2, 0.25) is 17.7 Å². The number of allylic oxidation sites excluding steroid dienone is 2. The fourth-order valence-corrected chi connectivity index (χ4v) is 6.31. The van der Waals surface area contributed by atoms with E-state index in [9.17, 15) is 19.2 Å². The minimum atomic E-state index is -0.563. The van der Waals surface area contributed by atoms with Crippen LogP contribution in [0.15, 0.2) is 54.6 Å². The summed E-state index contributed by atoms with van der Waals surface area (Å²) in [5.74, 6) is -1.27. The van der Waals surface area contributed by atoms with Crippen molar-refractivity contribution in [1.29, 1.82) is 0 Å². The first-order valence-corrected chi connectivity index (χ1v) is 12.6. The van der Waals surface area contributed by atoms with Crippen LogP contribution >= 0.6 is 0 Å². The largest absolute Gasteiger partial charge is 0.426 e. The maximum Gasteiger partial charge on any atom is 0.316 e. The third-order valence-electron chi connectivity index (χ3n) is 8.21. The number of ether oxygens (including phenoxy) is 1. The summed E-state index contributed by atoms with van der Waals surface area (Å²) in [6, 6.07) is 12.7. The molecule has 0 unspecified atom stereocenters. The highest BCUT2D eigenvalue weighted by Crippen LogP contribution is 2.53. The Morgan fingerprint density at radius 2 is 1.64 bits per heavy atom. The second-order valence-corrected chi connectivity index (χ2v) is 10.3. The summed E-state index contributed by atoms with van der Waals surface area (Å²) in [5.41, 5.74) is 3.18. The molecular formula is C29H28N2O5. The van der Waals surface area contributed by atoms with Crippen molar-refractivity contribution in [3.8, 4) is 5.75 Å². The molecule has 2 heterocycles. The maximum absolute atomic E-state index is 13.1. The van der Waals surface area contributed by atoms with Gasteiger partial charge in [0.1, 0.15) is 5.75 Å². The molecule has 2 saturated heterocycles. The molecule has 2 aromatic rings. The Hall–Kier alpha value is -3.74. The molecule has 2 bridgehead atoms. The number of aryl methyl sites for hydroxylation is 2. The lowest BCUT2D eigenvalue weighted by Crippen LogP contribution is -2.33. The molecule has 0 N–H and O–H groups in total. The molecule has 2 aliphatic carbocycles. The van der Waals surface area contributed by atoms with Crippen LogP contribution in [0, 0.1) is 36.5 Å². The Labute approximate surface area is 209 Å². The van der Waals surface area contributed by atoms with Crippen LogP contribution in [-0.4, -0.2) is 30.2 Å². The van der Waals surface area contributed by atoms with Crippen LogP contribution in [-0.2, 0) is 25.6 Å². The maximum atomic E-state index is 13.1. The van der Waals surface area contributed by atoms with E-state index in [4.69, 9.17) is 4.74 Å². The second-order valence-electron chi connectivity index (χ2n) is 10.3. The number of anilines is 2. The number of nitrogens with zero attached hydrogens (tertiary/aromatic N) is 2. The number of hydrogen-bond donors (Lipinski definition) is 0. The van der Waals surface area contributed by atoms with Crippen LogP contribution in [0.1, 0.15) is 30.9 Å². The Morgan fingerprint density at radius 1 is 0.972 bits per heavy atom. The standard InChI is InChI=1S/C29H28N2O5/c1-3-17-4-8-21(9-5-17)30-15-20(14-24(30)32)29(35)36-22-10-11-23(16(2)12-22)31-27(33)25-18-6-7-19(13-18)26(25)28(31)34/h4-12,18-20,25-26H,3,13-15H2,1-2H3/t18-,19-,20+,25-,26+/m0/s1. The van der Waals surface area contributed by atoms with Gasteiger partial charge in [-0.25, -0.2) is 4.90 Å². The zero-order chi connectivity index (χ0) is 25.1. The van der Waals surface area contributed by atoms with Crippen molar-refractivity contribution in [2.45, 2.75) is 33.1 Å². The zero-order valence-corrected chi connectivity index (χ0v) is 20.3. The van der Waals surface area contributed by atoms with Crippen LogP contribution in [0.5, 0.6) is 5.75 Å². The predicted molar refractivity (Wildman–Crippen MR) is 133 cm³/mol. The van der Waals surface area contributed by atoms with Gasteiger partial charge in [0.15, 0.2) is 0 Å². The number of esters is 1. The Balaban J connectivity index is 1.14. The molecule has 4 aliphatic rings. The molecule has 2 aliphatic heterocycles. The van der Waals surface area contributed by atoms with Crippen LogP contribution in [0.2, 0.25) is 0 Å². The summed E-state index contributed by atoms with van der Waals surface area (Å²) in [4.78, 5) is 54.7. The first kappa shape index (κ1) is 22.7. The number of amides is 3. The number of benzene rings is 2. The van der Waals surface area contributed by atoms with Crippen LogP contribution in [0.4, 0.5) is 11.4 Å². The van der Waals surface area contributed by atoms with E-state index in [0.717, 1.165) is 18.5 Å². The third-order valence-corrected chi connectivity index (χ3v) is 8.21. The average molecular weight is 485 g/mol. The van der Waals surface area contributed by atoms with Crippen molar-refractivity contribution in [3.63, 3.8) is 0 Å². The lowest BCUT2D eigenvalue weighted by Gasteiger charge is -2.20. The van der Waals surface area contributed by atoms with Gasteiger partial charge in [-0.1, -0.05) is 31.2 Å². The topological polar surface area (TPSA) is 84.0 Å². The van der Waals surface area contributed by atoms with Crippen molar-refractivity contribution >= 4 is 35.1 Å². The Bertz CT molecular complexity index is 1280. The van der Waals surface area contributed by atoms with E-state index in [2.05, 4.69) is 19.1 Å². The van der Waals surface area contributed by atoms with Gasteiger partial charge in [-0.2, -0.15) is 0 Å². The Morgan fingerprint density at radius 3 is 2.25 bits per heavy atom. The molecule has 7 heteroatoms. The quantitative estimate of drug-likeness (QED) is 0.279. The highest BCUT2D eigenvalue weighted by atomic mass is 16.5. The van der Waals surface area contributed by atoms with E-state index in [-0.39, 0.29) is 54.4 Å². The zero-order valence-electron chi connectivity index (χ0n) is 20.3. The highest BCUT2D eigenvalue weighted by Gasteiger charge is 2.59. The SMILES string of the molecule is CCc1ccc(N2C[C@H](C(=O)Oc3ccc(N4C(=O)[C@@H]5[C@H](C4=O)[C@H]4C=C[C@H]5C4)c(C)c3)CC2=O)cc1. The molecule has 36 heavy (non-hydrogen) atoms. The van der Waals surface area contributed by atoms with Crippen molar-refractivity contribution in [2.24, 2.45) is 29.6 Å². The molecule has 184 valence electrons. The average Bonchev–Trinajstić information content (AvgIpc) is 3.64. The fourth-order valence-electron chi connectivity index (χ4n) is 6.31. The molecule has 3 fully saturated rings. The molecule has 0 radical (unpaired) electrons. The molecule has 1 saturated carbocycles. The number of carbonyl (C=O) groups is 4. The van der Waals surface area contributed by atoms with Gasteiger partial charge in [-0.05, 0) is 73.1 Å². The number of carbonyl (C=O) groups excluding carboxylic acids is 4. The summed E-state index contributed by atoms with van der Waals surface area (Å²) < 4.78 is 5.62. The van der Waals surface area contributed by atoms with Gasteiger partial charge in [-0.3, -0.25) is 19.2 Å². The number of hydrogen-bond acceptors (Lipinski definition) is 5. The van der Waals surface area contributed by atoms with Gasteiger partial charge in [0, 0.05) is 18.7 Å². The molecule has 0 spiro atoms. The van der Waals surface area contributed by atoms with Crippen molar-refractivity contribution in [2.75, 3.05) is 16.3 Å². The van der Waals surface area contributed by atoms with E-state index in [1.165, 1.54) is 10.5 Å². The van der Waals surface area contributed by atoms with Crippen molar-refractivity contribution < 1.29 is 23.9 Å².